The Hall–Kier alpha value is -1.78. The zero-order valence-corrected chi connectivity index (χ0v) is 11.7. The summed E-state index contributed by atoms with van der Waals surface area (Å²) in [5, 5.41) is 2.96. The van der Waals surface area contributed by atoms with Gasteiger partial charge in [-0.25, -0.2) is 0 Å². The lowest BCUT2D eigenvalue weighted by atomic mass is 9.87. The summed E-state index contributed by atoms with van der Waals surface area (Å²) < 4.78 is 1.16. The number of ketones is 2. The van der Waals surface area contributed by atoms with E-state index in [0.717, 1.165) is 21.2 Å². The molecule has 0 atom stereocenters. The molecular weight excluding hydrogens is 276 g/mol. The molecule has 0 spiro atoms. The fourth-order valence-electron chi connectivity index (χ4n) is 2.63. The normalized spacial score (nSPS) is 13.7. The third kappa shape index (κ3) is 1.35. The highest BCUT2D eigenvalue weighted by atomic mass is 32.1. The number of carbonyl (C=O) groups excluding carboxylic acids is 2. The smallest absolute Gasteiger partial charge is 0.244 e. The number of hydrogen-bond acceptors (Lipinski definition) is 4. The predicted molar refractivity (Wildman–Crippen MR) is 78.5 cm³/mol. The summed E-state index contributed by atoms with van der Waals surface area (Å²) in [7, 11) is 0. The monoisotopic (exact) mass is 284 g/mol. The Labute approximate surface area is 117 Å². The van der Waals surface area contributed by atoms with Crippen molar-refractivity contribution in [2.45, 2.75) is 6.92 Å². The molecule has 4 heteroatoms. The van der Waals surface area contributed by atoms with Gasteiger partial charge in [-0.1, -0.05) is 0 Å². The van der Waals surface area contributed by atoms with Crippen molar-refractivity contribution in [3.05, 3.63) is 45.0 Å². The zero-order chi connectivity index (χ0) is 13.1. The second kappa shape index (κ2) is 3.62. The Morgan fingerprint density at radius 3 is 2.68 bits per heavy atom. The molecule has 2 heterocycles. The Balaban J connectivity index is 2.22. The molecule has 2 aromatic heterocycles. The van der Waals surface area contributed by atoms with Gasteiger partial charge >= 0.3 is 0 Å². The number of rotatable bonds is 0. The van der Waals surface area contributed by atoms with Crippen LogP contribution in [0.15, 0.2) is 29.6 Å². The second-order valence-corrected chi connectivity index (χ2v) is 6.78. The van der Waals surface area contributed by atoms with Crippen molar-refractivity contribution < 1.29 is 9.59 Å². The van der Waals surface area contributed by atoms with Gasteiger partial charge in [0.25, 0.3) is 0 Å². The minimum absolute atomic E-state index is 0.371. The van der Waals surface area contributed by atoms with Gasteiger partial charge in [-0.2, -0.15) is 0 Å². The van der Waals surface area contributed by atoms with Gasteiger partial charge in [-0.05, 0) is 36.6 Å². The van der Waals surface area contributed by atoms with E-state index in [1.807, 2.05) is 17.5 Å². The SMILES string of the molecule is Cc1cc2c3c(ccc2s1)C(=O)C(=O)c1sccc1-3. The lowest BCUT2D eigenvalue weighted by Gasteiger charge is -2.15. The van der Waals surface area contributed by atoms with E-state index in [4.69, 9.17) is 0 Å². The van der Waals surface area contributed by atoms with Gasteiger partial charge in [0.15, 0.2) is 0 Å². The summed E-state index contributed by atoms with van der Waals surface area (Å²) in [4.78, 5) is 26.0. The summed E-state index contributed by atoms with van der Waals surface area (Å²) in [5.41, 5.74) is 2.39. The van der Waals surface area contributed by atoms with Gasteiger partial charge in [0.2, 0.25) is 11.6 Å². The van der Waals surface area contributed by atoms with Crippen LogP contribution in [0.2, 0.25) is 0 Å². The quantitative estimate of drug-likeness (QED) is 0.576. The number of Topliss-reactive ketones (excluding diaryl/α,β-unsaturated/α-hetero) is 2. The van der Waals surface area contributed by atoms with Crippen molar-refractivity contribution in [2.75, 3.05) is 0 Å². The van der Waals surface area contributed by atoms with Crippen LogP contribution in [0.5, 0.6) is 0 Å². The number of fused-ring (bicyclic) bond motifs is 5. The molecule has 1 aliphatic rings. The predicted octanol–water partition coefficient (Wildman–Crippen LogP) is 4.32. The Morgan fingerprint density at radius 1 is 1.00 bits per heavy atom. The fraction of sp³-hybridized carbons (Fsp3) is 0.0667. The van der Waals surface area contributed by atoms with E-state index < -0.39 is 0 Å². The first kappa shape index (κ1) is 11.1. The third-order valence-electron chi connectivity index (χ3n) is 3.42. The molecule has 0 fully saturated rings. The number of aryl methyl sites for hydroxylation is 1. The maximum Gasteiger partial charge on any atom is 0.244 e. The van der Waals surface area contributed by atoms with Crippen LogP contribution in [-0.2, 0) is 0 Å². The largest absolute Gasteiger partial charge is 0.285 e. The Morgan fingerprint density at radius 2 is 1.84 bits per heavy atom. The van der Waals surface area contributed by atoms with Crippen molar-refractivity contribution in [1.82, 2.24) is 0 Å². The minimum Gasteiger partial charge on any atom is -0.285 e. The zero-order valence-electron chi connectivity index (χ0n) is 10.0. The van der Waals surface area contributed by atoms with Crippen LogP contribution in [0.4, 0.5) is 0 Å². The van der Waals surface area contributed by atoms with Crippen LogP contribution in [0, 0.1) is 6.92 Å². The molecule has 0 saturated heterocycles. The van der Waals surface area contributed by atoms with Crippen LogP contribution in [0.25, 0.3) is 21.2 Å². The van der Waals surface area contributed by atoms with Crippen LogP contribution in [-0.4, -0.2) is 11.6 Å². The highest BCUT2D eigenvalue weighted by Gasteiger charge is 2.32. The van der Waals surface area contributed by atoms with E-state index >= 15 is 0 Å². The topological polar surface area (TPSA) is 34.1 Å². The van der Waals surface area contributed by atoms with Crippen LogP contribution >= 0.6 is 22.7 Å². The van der Waals surface area contributed by atoms with Gasteiger partial charge in [0.1, 0.15) is 0 Å². The fourth-order valence-corrected chi connectivity index (χ4v) is 4.39. The van der Waals surface area contributed by atoms with Crippen molar-refractivity contribution in [3.8, 4) is 11.1 Å². The number of hydrogen-bond donors (Lipinski definition) is 0. The highest BCUT2D eigenvalue weighted by Crippen LogP contribution is 2.42. The van der Waals surface area contributed by atoms with Crippen LogP contribution in [0.1, 0.15) is 24.9 Å². The van der Waals surface area contributed by atoms with Crippen LogP contribution < -0.4 is 0 Å². The number of carbonyl (C=O) groups is 2. The van der Waals surface area contributed by atoms with E-state index in [2.05, 4.69) is 13.0 Å². The van der Waals surface area contributed by atoms with E-state index in [9.17, 15) is 9.59 Å². The summed E-state index contributed by atoms with van der Waals surface area (Å²) in [6.45, 7) is 2.06. The average Bonchev–Trinajstić information content (AvgIpc) is 2.99. The molecule has 1 aliphatic carbocycles. The Bertz CT molecular complexity index is 868. The highest BCUT2D eigenvalue weighted by molar-refractivity contribution is 7.19. The Kier molecular flexibility index (Phi) is 2.11. The molecule has 1 aromatic carbocycles. The summed E-state index contributed by atoms with van der Waals surface area (Å²) >= 11 is 3.06. The molecule has 0 amide bonds. The van der Waals surface area contributed by atoms with Crippen molar-refractivity contribution in [2.24, 2.45) is 0 Å². The number of thiophene rings is 2. The summed E-state index contributed by atoms with van der Waals surface area (Å²) in [6, 6.07) is 7.77. The van der Waals surface area contributed by atoms with Crippen molar-refractivity contribution >= 4 is 44.3 Å². The van der Waals surface area contributed by atoms with Gasteiger partial charge in [-0.15, -0.1) is 22.7 Å². The van der Waals surface area contributed by atoms with Gasteiger partial charge in [0, 0.05) is 31.7 Å². The standard InChI is InChI=1S/C15H8O2S2/c1-7-6-10-11(19-7)3-2-8-12(10)9-4-5-18-15(9)14(17)13(8)16/h2-6H,1H3. The molecule has 0 unspecified atom stereocenters. The van der Waals surface area contributed by atoms with Crippen molar-refractivity contribution in [1.29, 1.82) is 0 Å². The second-order valence-electron chi connectivity index (χ2n) is 4.58. The lowest BCUT2D eigenvalue weighted by Crippen LogP contribution is -2.19. The van der Waals surface area contributed by atoms with E-state index in [-0.39, 0.29) is 11.6 Å². The first-order chi connectivity index (χ1) is 9.16. The van der Waals surface area contributed by atoms with Crippen LogP contribution in [0.3, 0.4) is 0 Å². The maximum absolute atomic E-state index is 12.2. The average molecular weight is 284 g/mol. The molecule has 4 rings (SSSR count). The summed E-state index contributed by atoms with van der Waals surface area (Å²) in [5.74, 6) is -0.750. The first-order valence-corrected chi connectivity index (χ1v) is 7.56. The molecule has 0 saturated carbocycles. The van der Waals surface area contributed by atoms with Gasteiger partial charge in [0.05, 0.1) is 4.88 Å². The molecule has 0 bridgehead atoms. The summed E-state index contributed by atoms with van der Waals surface area (Å²) in [6.07, 6.45) is 0. The molecule has 92 valence electrons. The molecule has 19 heavy (non-hydrogen) atoms. The first-order valence-electron chi connectivity index (χ1n) is 5.87. The third-order valence-corrected chi connectivity index (χ3v) is 5.34. The number of benzene rings is 1. The minimum atomic E-state index is -0.379. The van der Waals surface area contributed by atoms with Gasteiger partial charge < -0.3 is 0 Å². The van der Waals surface area contributed by atoms with Gasteiger partial charge in [-0.3, -0.25) is 9.59 Å². The van der Waals surface area contributed by atoms with Crippen molar-refractivity contribution in [3.63, 3.8) is 0 Å². The van der Waals surface area contributed by atoms with E-state index in [1.54, 1.807) is 17.4 Å². The molecule has 0 aliphatic heterocycles. The lowest BCUT2D eigenvalue weighted by molar-refractivity contribution is 0.0818. The van der Waals surface area contributed by atoms with E-state index in [0.29, 0.717) is 10.4 Å². The molecule has 3 aromatic rings. The maximum atomic E-state index is 12.2. The molecule has 2 nitrogen and oxygen atoms in total. The molecular formula is C15H8O2S2. The molecule has 0 N–H and O–H groups in total. The molecule has 0 radical (unpaired) electrons. The van der Waals surface area contributed by atoms with E-state index in [1.165, 1.54) is 16.2 Å².